The van der Waals surface area contributed by atoms with Crippen molar-refractivity contribution in [1.29, 1.82) is 0 Å². The molecule has 1 aromatic carbocycles. The Hall–Kier alpha value is -3.00. The van der Waals surface area contributed by atoms with Crippen LogP contribution in [-0.4, -0.2) is 37.8 Å². The van der Waals surface area contributed by atoms with Crippen molar-refractivity contribution in [2.24, 2.45) is 0 Å². The van der Waals surface area contributed by atoms with E-state index in [4.69, 9.17) is 4.42 Å². The molecule has 8 nitrogen and oxygen atoms in total. The number of hydrogen-bond donors (Lipinski definition) is 2. The third-order valence-corrected chi connectivity index (χ3v) is 3.12. The van der Waals surface area contributed by atoms with Gasteiger partial charge in [0, 0.05) is 0 Å². The fourth-order valence-corrected chi connectivity index (χ4v) is 2.07. The van der Waals surface area contributed by atoms with Crippen molar-refractivity contribution in [3.05, 3.63) is 60.3 Å². The van der Waals surface area contributed by atoms with Crippen LogP contribution in [0.1, 0.15) is 22.2 Å². The summed E-state index contributed by atoms with van der Waals surface area (Å²) in [6, 6.07) is 9.67. The number of aliphatic hydroxyl groups is 1. The molecule has 0 aliphatic carbocycles. The van der Waals surface area contributed by atoms with E-state index >= 15 is 0 Å². The molecular formula is C14H13N5O3. The van der Waals surface area contributed by atoms with Gasteiger partial charge in [-0.1, -0.05) is 12.1 Å². The average Bonchev–Trinajstić information content (AvgIpc) is 3.25. The lowest BCUT2D eigenvalue weighted by molar-refractivity contribution is 0.0907. The molecule has 1 unspecified atom stereocenters. The lowest BCUT2D eigenvalue weighted by Gasteiger charge is -2.15. The van der Waals surface area contributed by atoms with Crippen LogP contribution >= 0.6 is 0 Å². The second-order valence-corrected chi connectivity index (χ2v) is 4.50. The highest BCUT2D eigenvalue weighted by atomic mass is 16.3. The monoisotopic (exact) mass is 299 g/mol. The molecular weight excluding hydrogens is 286 g/mol. The number of furan rings is 1. The second kappa shape index (κ2) is 6.19. The van der Waals surface area contributed by atoms with Gasteiger partial charge < -0.3 is 14.8 Å². The fourth-order valence-electron chi connectivity index (χ4n) is 2.07. The van der Waals surface area contributed by atoms with E-state index in [0.717, 1.165) is 0 Å². The maximum absolute atomic E-state index is 12.5. The molecule has 2 aromatic heterocycles. The molecule has 0 spiro atoms. The van der Waals surface area contributed by atoms with Gasteiger partial charge >= 0.3 is 0 Å². The Labute approximate surface area is 125 Å². The molecule has 2 heterocycles. The van der Waals surface area contributed by atoms with Gasteiger partial charge in [0.15, 0.2) is 0 Å². The van der Waals surface area contributed by atoms with Crippen molar-refractivity contribution in [1.82, 2.24) is 25.5 Å². The Morgan fingerprint density at radius 3 is 2.86 bits per heavy atom. The van der Waals surface area contributed by atoms with E-state index in [9.17, 15) is 9.90 Å². The van der Waals surface area contributed by atoms with Gasteiger partial charge in [-0.25, -0.2) is 0 Å². The summed E-state index contributed by atoms with van der Waals surface area (Å²) >= 11 is 0. The highest BCUT2D eigenvalue weighted by Gasteiger charge is 2.19. The summed E-state index contributed by atoms with van der Waals surface area (Å²) in [7, 11) is 0. The number of nitrogens with one attached hydrogen (secondary N) is 1. The van der Waals surface area contributed by atoms with Gasteiger partial charge in [-0.2, -0.15) is 4.68 Å². The van der Waals surface area contributed by atoms with Gasteiger partial charge in [-0.3, -0.25) is 4.79 Å². The standard InChI is InChI=1S/C14H13N5O3/c20-8-11(13-6-3-7-22-13)16-14(21)10-4-1-2-5-12(10)19-9-15-17-18-19/h1-7,9,11,20H,8H2,(H,16,21). The first-order valence-electron chi connectivity index (χ1n) is 6.57. The van der Waals surface area contributed by atoms with Crippen molar-refractivity contribution < 1.29 is 14.3 Å². The number of rotatable bonds is 5. The van der Waals surface area contributed by atoms with Crippen LogP contribution in [0.15, 0.2) is 53.4 Å². The Kier molecular flexibility index (Phi) is 3.92. The number of nitrogens with zero attached hydrogens (tertiary/aromatic N) is 4. The molecule has 3 rings (SSSR count). The van der Waals surface area contributed by atoms with E-state index in [1.54, 1.807) is 36.4 Å². The number of benzene rings is 1. The molecule has 8 heteroatoms. The van der Waals surface area contributed by atoms with Gasteiger partial charge in [0.2, 0.25) is 0 Å². The molecule has 0 aliphatic rings. The van der Waals surface area contributed by atoms with E-state index in [2.05, 4.69) is 20.8 Å². The van der Waals surface area contributed by atoms with Crippen LogP contribution < -0.4 is 5.32 Å². The number of carbonyl (C=O) groups excluding carboxylic acids is 1. The number of hydrogen-bond acceptors (Lipinski definition) is 6. The minimum atomic E-state index is -0.621. The van der Waals surface area contributed by atoms with Gasteiger partial charge in [0.1, 0.15) is 18.1 Å². The van der Waals surface area contributed by atoms with Gasteiger partial charge in [0.25, 0.3) is 5.91 Å². The zero-order valence-corrected chi connectivity index (χ0v) is 11.5. The van der Waals surface area contributed by atoms with Gasteiger partial charge in [0.05, 0.1) is 24.1 Å². The van der Waals surface area contributed by atoms with Crippen LogP contribution in [0.4, 0.5) is 0 Å². The number of aromatic nitrogens is 4. The van der Waals surface area contributed by atoms with Crippen molar-refractivity contribution >= 4 is 5.91 Å². The molecule has 0 saturated heterocycles. The van der Waals surface area contributed by atoms with E-state index < -0.39 is 6.04 Å². The second-order valence-electron chi connectivity index (χ2n) is 4.50. The minimum Gasteiger partial charge on any atom is -0.467 e. The Morgan fingerprint density at radius 2 is 2.18 bits per heavy atom. The molecule has 0 fully saturated rings. The van der Waals surface area contributed by atoms with Crippen LogP contribution in [0.2, 0.25) is 0 Å². The maximum atomic E-state index is 12.5. The van der Waals surface area contributed by atoms with Gasteiger partial charge in [-0.15, -0.1) is 5.10 Å². The fraction of sp³-hybridized carbons (Fsp3) is 0.143. The van der Waals surface area contributed by atoms with E-state index in [1.807, 2.05) is 0 Å². The van der Waals surface area contributed by atoms with E-state index in [1.165, 1.54) is 17.3 Å². The maximum Gasteiger partial charge on any atom is 0.254 e. The highest BCUT2D eigenvalue weighted by molar-refractivity contribution is 5.97. The molecule has 0 aliphatic heterocycles. The summed E-state index contributed by atoms with van der Waals surface area (Å²) in [5.41, 5.74) is 0.931. The van der Waals surface area contributed by atoms with Crippen molar-refractivity contribution in [2.45, 2.75) is 6.04 Å². The van der Waals surface area contributed by atoms with E-state index in [0.29, 0.717) is 17.0 Å². The van der Waals surface area contributed by atoms with Crippen LogP contribution in [0.5, 0.6) is 0 Å². The average molecular weight is 299 g/mol. The Morgan fingerprint density at radius 1 is 1.32 bits per heavy atom. The lowest BCUT2D eigenvalue weighted by atomic mass is 10.1. The van der Waals surface area contributed by atoms with Crippen LogP contribution in [0.25, 0.3) is 5.69 Å². The Bertz CT molecular complexity index is 740. The first-order valence-corrected chi connectivity index (χ1v) is 6.57. The third kappa shape index (κ3) is 2.72. The summed E-state index contributed by atoms with van der Waals surface area (Å²) in [6.07, 6.45) is 2.89. The van der Waals surface area contributed by atoms with Gasteiger partial charge in [-0.05, 0) is 34.7 Å². The van der Waals surface area contributed by atoms with Crippen LogP contribution in [0.3, 0.4) is 0 Å². The summed E-state index contributed by atoms with van der Waals surface area (Å²) in [6.45, 7) is -0.272. The number of tetrazole rings is 1. The van der Waals surface area contributed by atoms with Crippen molar-refractivity contribution in [2.75, 3.05) is 6.61 Å². The van der Waals surface area contributed by atoms with Crippen molar-refractivity contribution in [3.8, 4) is 5.69 Å². The topological polar surface area (TPSA) is 106 Å². The highest BCUT2D eigenvalue weighted by Crippen LogP contribution is 2.17. The first-order chi connectivity index (χ1) is 10.8. The largest absolute Gasteiger partial charge is 0.467 e. The number of para-hydroxylation sites is 1. The van der Waals surface area contributed by atoms with E-state index in [-0.39, 0.29) is 12.5 Å². The number of aliphatic hydroxyl groups excluding tert-OH is 1. The van der Waals surface area contributed by atoms with Crippen LogP contribution in [0, 0.1) is 0 Å². The number of carbonyl (C=O) groups is 1. The predicted octanol–water partition coefficient (Wildman–Crippen LogP) is 0.719. The minimum absolute atomic E-state index is 0.272. The molecule has 0 bridgehead atoms. The summed E-state index contributed by atoms with van der Waals surface area (Å²) in [5.74, 6) is 0.123. The molecule has 1 atom stereocenters. The quantitative estimate of drug-likeness (QED) is 0.719. The summed E-state index contributed by atoms with van der Waals surface area (Å²) in [5, 5.41) is 23.1. The summed E-state index contributed by atoms with van der Waals surface area (Å²) in [4.78, 5) is 12.5. The Balaban J connectivity index is 1.87. The predicted molar refractivity (Wildman–Crippen MR) is 75.2 cm³/mol. The molecule has 3 aromatic rings. The third-order valence-electron chi connectivity index (χ3n) is 3.12. The summed E-state index contributed by atoms with van der Waals surface area (Å²) < 4.78 is 6.61. The zero-order valence-electron chi connectivity index (χ0n) is 11.5. The van der Waals surface area contributed by atoms with Crippen molar-refractivity contribution in [3.63, 3.8) is 0 Å². The lowest BCUT2D eigenvalue weighted by Crippen LogP contribution is -2.31. The van der Waals surface area contributed by atoms with Crippen LogP contribution in [-0.2, 0) is 0 Å². The smallest absolute Gasteiger partial charge is 0.254 e. The molecule has 2 N–H and O–H groups in total. The molecule has 22 heavy (non-hydrogen) atoms. The normalized spacial score (nSPS) is 12.0. The molecule has 1 amide bonds. The molecule has 0 saturated carbocycles. The molecule has 112 valence electrons. The zero-order chi connectivity index (χ0) is 15.4. The number of amides is 1. The molecule has 0 radical (unpaired) electrons. The first kappa shape index (κ1) is 14.0. The SMILES string of the molecule is O=C(NC(CO)c1ccco1)c1ccccc1-n1cnnn1.